The van der Waals surface area contributed by atoms with E-state index in [0.29, 0.717) is 0 Å². The van der Waals surface area contributed by atoms with Gasteiger partial charge in [-0.25, -0.2) is 14.6 Å². The van der Waals surface area contributed by atoms with Gasteiger partial charge >= 0.3 is 12.0 Å². The van der Waals surface area contributed by atoms with Crippen molar-refractivity contribution in [3.05, 3.63) is 16.6 Å². The lowest BCUT2D eigenvalue weighted by Gasteiger charge is -2.21. The normalized spacial score (nSPS) is 23.1. The predicted molar refractivity (Wildman–Crippen MR) is 63.1 cm³/mol. The summed E-state index contributed by atoms with van der Waals surface area (Å²) in [5.74, 6) is -1.10. The summed E-state index contributed by atoms with van der Waals surface area (Å²) in [7, 11) is 0. The van der Waals surface area contributed by atoms with Gasteiger partial charge < -0.3 is 20.4 Å². The van der Waals surface area contributed by atoms with Crippen LogP contribution < -0.4 is 5.32 Å². The standard InChI is InChI=1S/C10H13N3O4S/c14-6-3-7(9(15)16)13(5-6)10(17)12-4-8-11-1-2-18-8/h1-2,6-7,14H,3-5H2,(H,12,17)(H,15,16)/t6?,7-/m0/s1. The fourth-order valence-corrected chi connectivity index (χ4v) is 2.42. The van der Waals surface area contributed by atoms with Crippen LogP contribution in [0.4, 0.5) is 4.79 Å². The zero-order valence-electron chi connectivity index (χ0n) is 9.44. The highest BCUT2D eigenvalue weighted by atomic mass is 32.1. The first-order valence-electron chi connectivity index (χ1n) is 5.41. The van der Waals surface area contributed by atoms with Crippen molar-refractivity contribution in [2.75, 3.05) is 6.54 Å². The molecule has 3 N–H and O–H groups in total. The summed E-state index contributed by atoms with van der Waals surface area (Å²) in [6.45, 7) is 0.302. The van der Waals surface area contributed by atoms with Crippen molar-refractivity contribution in [2.24, 2.45) is 0 Å². The Balaban J connectivity index is 1.93. The Morgan fingerprint density at radius 1 is 1.61 bits per heavy atom. The summed E-state index contributed by atoms with van der Waals surface area (Å²) in [6.07, 6.45) is 0.919. The fourth-order valence-electron chi connectivity index (χ4n) is 1.87. The van der Waals surface area contributed by atoms with Crippen molar-refractivity contribution < 1.29 is 19.8 Å². The number of aliphatic hydroxyl groups excluding tert-OH is 1. The maximum absolute atomic E-state index is 11.8. The number of carboxylic acids is 1. The maximum atomic E-state index is 11.8. The Kier molecular flexibility index (Phi) is 3.78. The molecule has 0 saturated carbocycles. The van der Waals surface area contributed by atoms with Crippen LogP contribution in [-0.4, -0.2) is 50.8 Å². The fraction of sp³-hybridized carbons (Fsp3) is 0.500. The molecule has 1 aliphatic rings. The van der Waals surface area contributed by atoms with Gasteiger partial charge in [-0.3, -0.25) is 0 Å². The largest absolute Gasteiger partial charge is 0.480 e. The number of aliphatic hydroxyl groups is 1. The van der Waals surface area contributed by atoms with Crippen LogP contribution in [0.5, 0.6) is 0 Å². The van der Waals surface area contributed by atoms with Gasteiger partial charge in [0.1, 0.15) is 11.0 Å². The van der Waals surface area contributed by atoms with E-state index < -0.39 is 24.1 Å². The quantitative estimate of drug-likeness (QED) is 0.710. The van der Waals surface area contributed by atoms with E-state index in [-0.39, 0.29) is 19.5 Å². The van der Waals surface area contributed by atoms with Crippen LogP contribution >= 0.6 is 11.3 Å². The third-order valence-electron chi connectivity index (χ3n) is 2.70. The first-order chi connectivity index (χ1) is 8.58. The second-order valence-electron chi connectivity index (χ2n) is 3.98. The van der Waals surface area contributed by atoms with Gasteiger partial charge in [-0.1, -0.05) is 0 Å². The first-order valence-corrected chi connectivity index (χ1v) is 6.29. The van der Waals surface area contributed by atoms with Gasteiger partial charge in [-0.05, 0) is 0 Å². The first kappa shape index (κ1) is 12.8. The van der Waals surface area contributed by atoms with Crippen LogP contribution in [-0.2, 0) is 11.3 Å². The van der Waals surface area contributed by atoms with E-state index in [1.54, 1.807) is 11.6 Å². The van der Waals surface area contributed by atoms with Gasteiger partial charge in [0, 0.05) is 24.5 Å². The molecule has 7 nitrogen and oxygen atoms in total. The molecular formula is C10H13N3O4S. The number of carbonyl (C=O) groups excluding carboxylic acids is 1. The van der Waals surface area contributed by atoms with Crippen molar-refractivity contribution in [1.82, 2.24) is 15.2 Å². The molecule has 18 heavy (non-hydrogen) atoms. The van der Waals surface area contributed by atoms with E-state index in [9.17, 15) is 14.7 Å². The zero-order valence-corrected chi connectivity index (χ0v) is 10.3. The minimum atomic E-state index is -1.10. The van der Waals surface area contributed by atoms with Gasteiger partial charge in [0.2, 0.25) is 0 Å². The lowest BCUT2D eigenvalue weighted by Crippen LogP contribution is -2.45. The van der Waals surface area contributed by atoms with Gasteiger partial charge in [0.25, 0.3) is 0 Å². The van der Waals surface area contributed by atoms with E-state index in [2.05, 4.69) is 10.3 Å². The van der Waals surface area contributed by atoms with E-state index in [4.69, 9.17) is 5.11 Å². The maximum Gasteiger partial charge on any atom is 0.326 e. The topological polar surface area (TPSA) is 103 Å². The number of hydrogen-bond acceptors (Lipinski definition) is 5. The average molecular weight is 271 g/mol. The number of carbonyl (C=O) groups is 2. The van der Waals surface area contributed by atoms with Crippen LogP contribution in [0.3, 0.4) is 0 Å². The number of amides is 2. The van der Waals surface area contributed by atoms with Gasteiger partial charge in [0.15, 0.2) is 0 Å². The molecule has 2 amide bonds. The van der Waals surface area contributed by atoms with Crippen molar-refractivity contribution in [3.63, 3.8) is 0 Å². The Bertz CT molecular complexity index is 436. The molecule has 0 bridgehead atoms. The predicted octanol–water partition coefficient (Wildman–Crippen LogP) is -0.127. The minimum absolute atomic E-state index is 0.0423. The molecule has 1 aromatic heterocycles. The third kappa shape index (κ3) is 2.77. The Labute approximate surface area is 107 Å². The second-order valence-corrected chi connectivity index (χ2v) is 4.96. The lowest BCUT2D eigenvalue weighted by atomic mass is 10.2. The Morgan fingerprint density at radius 2 is 2.39 bits per heavy atom. The second kappa shape index (κ2) is 5.32. The van der Waals surface area contributed by atoms with Crippen molar-refractivity contribution in [3.8, 4) is 0 Å². The summed E-state index contributed by atoms with van der Waals surface area (Å²) in [5, 5.41) is 23.5. The van der Waals surface area contributed by atoms with Crippen molar-refractivity contribution in [2.45, 2.75) is 25.1 Å². The molecule has 1 unspecified atom stereocenters. The third-order valence-corrected chi connectivity index (χ3v) is 3.48. The number of likely N-dealkylation sites (tertiary alicyclic amines) is 1. The molecule has 0 aliphatic carbocycles. The Morgan fingerprint density at radius 3 is 3.00 bits per heavy atom. The summed E-state index contributed by atoms with van der Waals surface area (Å²) >= 11 is 1.41. The number of hydrogen-bond donors (Lipinski definition) is 3. The molecule has 8 heteroatoms. The molecule has 2 rings (SSSR count). The van der Waals surface area contributed by atoms with Gasteiger partial charge in [-0.15, -0.1) is 11.3 Å². The van der Waals surface area contributed by atoms with E-state index in [0.717, 1.165) is 9.91 Å². The number of thiazole rings is 1. The molecule has 0 spiro atoms. The van der Waals surface area contributed by atoms with Crippen molar-refractivity contribution >= 4 is 23.3 Å². The smallest absolute Gasteiger partial charge is 0.326 e. The van der Waals surface area contributed by atoms with Crippen LogP contribution in [0.25, 0.3) is 0 Å². The van der Waals surface area contributed by atoms with Gasteiger partial charge in [-0.2, -0.15) is 0 Å². The number of carboxylic acid groups (broad SMARTS) is 1. The molecule has 1 aliphatic heterocycles. The molecule has 0 aromatic carbocycles. The monoisotopic (exact) mass is 271 g/mol. The van der Waals surface area contributed by atoms with E-state index >= 15 is 0 Å². The number of urea groups is 1. The molecule has 0 radical (unpaired) electrons. The lowest BCUT2D eigenvalue weighted by molar-refractivity contribution is -0.141. The van der Waals surface area contributed by atoms with Crippen LogP contribution in [0.15, 0.2) is 11.6 Å². The number of nitrogens with one attached hydrogen (secondary N) is 1. The zero-order chi connectivity index (χ0) is 13.1. The highest BCUT2D eigenvalue weighted by Gasteiger charge is 2.38. The van der Waals surface area contributed by atoms with E-state index in [1.807, 2.05) is 0 Å². The van der Waals surface area contributed by atoms with Crippen LogP contribution in [0.2, 0.25) is 0 Å². The van der Waals surface area contributed by atoms with Crippen molar-refractivity contribution in [1.29, 1.82) is 0 Å². The highest BCUT2D eigenvalue weighted by molar-refractivity contribution is 7.09. The average Bonchev–Trinajstić information content (AvgIpc) is 2.94. The molecule has 98 valence electrons. The van der Waals surface area contributed by atoms with E-state index in [1.165, 1.54) is 11.3 Å². The molecule has 1 saturated heterocycles. The minimum Gasteiger partial charge on any atom is -0.480 e. The van der Waals surface area contributed by atoms with Crippen LogP contribution in [0.1, 0.15) is 11.4 Å². The molecule has 2 heterocycles. The number of aromatic nitrogens is 1. The SMILES string of the molecule is O=C(O)[C@@H]1CC(O)CN1C(=O)NCc1nccs1. The Hall–Kier alpha value is -1.67. The molecule has 1 aromatic rings. The number of nitrogens with zero attached hydrogens (tertiary/aromatic N) is 2. The van der Waals surface area contributed by atoms with Gasteiger partial charge in [0.05, 0.1) is 12.6 Å². The number of rotatable bonds is 3. The summed E-state index contributed by atoms with van der Waals surface area (Å²) in [5.41, 5.74) is 0. The summed E-state index contributed by atoms with van der Waals surface area (Å²) in [6, 6.07) is -1.45. The van der Waals surface area contributed by atoms with Crippen LogP contribution in [0, 0.1) is 0 Å². The molecular weight excluding hydrogens is 258 g/mol. The summed E-state index contributed by atoms with van der Waals surface area (Å²) < 4.78 is 0. The molecule has 1 fully saturated rings. The molecule has 2 atom stereocenters. The summed E-state index contributed by atoms with van der Waals surface area (Å²) in [4.78, 5) is 27.9. The number of β-amino-alcohol motifs (C(OH)–C–C–N with tert-alkyl or cyclic N) is 1. The number of aliphatic carboxylic acids is 1. The highest BCUT2D eigenvalue weighted by Crippen LogP contribution is 2.18.